The molecule has 0 saturated carbocycles. The van der Waals surface area contributed by atoms with Gasteiger partial charge in [-0.25, -0.2) is 0 Å². The summed E-state index contributed by atoms with van der Waals surface area (Å²) in [4.78, 5) is 16.7. The zero-order valence-electron chi connectivity index (χ0n) is 17.2. The van der Waals surface area contributed by atoms with Gasteiger partial charge in [-0.15, -0.1) is 0 Å². The summed E-state index contributed by atoms with van der Waals surface area (Å²) in [5.41, 5.74) is 4.81. The van der Waals surface area contributed by atoms with Crippen LogP contribution in [0.3, 0.4) is 0 Å². The van der Waals surface area contributed by atoms with Crippen molar-refractivity contribution in [2.45, 2.75) is 26.7 Å². The van der Waals surface area contributed by atoms with Crippen LogP contribution < -0.4 is 4.74 Å². The highest BCUT2D eigenvalue weighted by Gasteiger charge is 2.17. The van der Waals surface area contributed by atoms with Crippen LogP contribution in [0.4, 0.5) is 0 Å². The third-order valence-corrected chi connectivity index (χ3v) is 5.77. The molecule has 1 amide bonds. The summed E-state index contributed by atoms with van der Waals surface area (Å²) in [6.45, 7) is 7.52. The van der Waals surface area contributed by atoms with Gasteiger partial charge < -0.3 is 14.5 Å². The van der Waals surface area contributed by atoms with Crippen LogP contribution in [0.15, 0.2) is 66.4 Å². The molecule has 0 fully saturated rings. The maximum Gasteiger partial charge on any atom is 0.253 e. The van der Waals surface area contributed by atoms with Crippen LogP contribution in [0.25, 0.3) is 0 Å². The smallest absolute Gasteiger partial charge is 0.253 e. The summed E-state index contributed by atoms with van der Waals surface area (Å²) >= 11 is 0. The van der Waals surface area contributed by atoms with E-state index in [4.69, 9.17) is 4.74 Å². The summed E-state index contributed by atoms with van der Waals surface area (Å²) in [6.07, 6.45) is 8.54. The number of allylic oxidation sites excluding steroid dienone is 3. The first-order valence-electron chi connectivity index (χ1n) is 10.5. The maximum atomic E-state index is 12.4. The highest BCUT2D eigenvalue weighted by molar-refractivity contribution is 5.94. The Hall–Kier alpha value is -3.01. The summed E-state index contributed by atoms with van der Waals surface area (Å²) < 4.78 is 6.08. The largest absolute Gasteiger partial charge is 0.457 e. The Morgan fingerprint density at radius 2 is 1.62 bits per heavy atom. The number of rotatable bonds is 6. The number of hydrogen-bond acceptors (Lipinski definition) is 3. The standard InChI is InChI=1S/C25H28N2O2/c1-3-26(4-2)25(28)20-9-11-23(12-10-20)29-24-13-8-19-14-16-27(22-6-5-7-22)17-15-21(19)18-24/h5-13,18H,3-4,14-17H2,1-2H3. The van der Waals surface area contributed by atoms with Crippen molar-refractivity contribution in [1.29, 1.82) is 0 Å². The van der Waals surface area contributed by atoms with Crippen molar-refractivity contribution in [3.05, 3.63) is 83.1 Å². The quantitative estimate of drug-likeness (QED) is 0.712. The van der Waals surface area contributed by atoms with E-state index in [1.807, 2.05) is 49.1 Å². The molecule has 0 atom stereocenters. The molecule has 4 heteroatoms. The number of carbonyl (C=O) groups excluding carboxylic acids is 1. The molecule has 1 heterocycles. The highest BCUT2D eigenvalue weighted by atomic mass is 16.5. The van der Waals surface area contributed by atoms with Crippen LogP contribution in [0.2, 0.25) is 0 Å². The summed E-state index contributed by atoms with van der Waals surface area (Å²) in [7, 11) is 0. The predicted molar refractivity (Wildman–Crippen MR) is 116 cm³/mol. The molecule has 0 spiro atoms. The van der Waals surface area contributed by atoms with Gasteiger partial charge >= 0.3 is 0 Å². The van der Waals surface area contributed by atoms with E-state index in [0.717, 1.165) is 37.4 Å². The molecule has 4 rings (SSSR count). The molecule has 1 aliphatic heterocycles. The Balaban J connectivity index is 1.43. The fraction of sp³-hybridized carbons (Fsp3) is 0.320. The molecule has 2 aromatic carbocycles. The van der Waals surface area contributed by atoms with E-state index in [-0.39, 0.29) is 5.91 Å². The van der Waals surface area contributed by atoms with E-state index in [1.165, 1.54) is 16.8 Å². The zero-order valence-corrected chi connectivity index (χ0v) is 17.2. The van der Waals surface area contributed by atoms with Crippen molar-refractivity contribution in [2.24, 2.45) is 0 Å². The molecule has 2 aromatic rings. The van der Waals surface area contributed by atoms with Gasteiger partial charge in [0, 0.05) is 37.4 Å². The van der Waals surface area contributed by atoms with Gasteiger partial charge in [0.2, 0.25) is 0 Å². The third kappa shape index (κ3) is 4.21. The minimum Gasteiger partial charge on any atom is -0.457 e. The number of amides is 1. The Morgan fingerprint density at radius 1 is 0.966 bits per heavy atom. The van der Waals surface area contributed by atoms with Gasteiger partial charge in [-0.2, -0.15) is 0 Å². The van der Waals surface area contributed by atoms with Crippen LogP contribution in [0.5, 0.6) is 11.5 Å². The molecular formula is C25H28N2O2. The monoisotopic (exact) mass is 388 g/mol. The highest BCUT2D eigenvalue weighted by Crippen LogP contribution is 2.28. The van der Waals surface area contributed by atoms with Gasteiger partial charge in [0.05, 0.1) is 0 Å². The first-order valence-corrected chi connectivity index (χ1v) is 10.5. The van der Waals surface area contributed by atoms with Crippen molar-refractivity contribution in [2.75, 3.05) is 26.2 Å². The van der Waals surface area contributed by atoms with Crippen LogP contribution in [0.1, 0.15) is 35.3 Å². The van der Waals surface area contributed by atoms with Crippen LogP contribution in [-0.2, 0) is 12.8 Å². The fourth-order valence-electron chi connectivity index (χ4n) is 3.91. The molecule has 1 aliphatic carbocycles. The lowest BCUT2D eigenvalue weighted by Crippen LogP contribution is -2.30. The predicted octanol–water partition coefficient (Wildman–Crippen LogP) is 4.82. The lowest BCUT2D eigenvalue weighted by molar-refractivity contribution is 0.0773. The molecule has 2 aliphatic rings. The average molecular weight is 389 g/mol. The van der Waals surface area contributed by atoms with Crippen molar-refractivity contribution >= 4 is 5.91 Å². The fourth-order valence-corrected chi connectivity index (χ4v) is 3.91. The third-order valence-electron chi connectivity index (χ3n) is 5.77. The van der Waals surface area contributed by atoms with E-state index >= 15 is 0 Å². The minimum atomic E-state index is 0.0626. The van der Waals surface area contributed by atoms with Gasteiger partial charge in [0.15, 0.2) is 0 Å². The second kappa shape index (κ2) is 8.56. The normalized spacial score (nSPS) is 15.1. The van der Waals surface area contributed by atoms with Crippen molar-refractivity contribution in [1.82, 2.24) is 9.80 Å². The lowest BCUT2D eigenvalue weighted by atomic mass is 10.0. The van der Waals surface area contributed by atoms with Crippen molar-refractivity contribution in [3.63, 3.8) is 0 Å². The number of hydrogen-bond donors (Lipinski definition) is 0. The zero-order chi connectivity index (χ0) is 20.2. The number of nitrogens with zero attached hydrogens (tertiary/aromatic N) is 2. The van der Waals surface area contributed by atoms with Gasteiger partial charge in [-0.1, -0.05) is 12.1 Å². The lowest BCUT2D eigenvalue weighted by Gasteiger charge is -2.26. The SMILES string of the molecule is CCN(CC)C(=O)c1ccc(Oc2ccc3c(c2)CCN(C2=CC=C2)CC3)cc1. The van der Waals surface area contributed by atoms with E-state index < -0.39 is 0 Å². The minimum absolute atomic E-state index is 0.0626. The Bertz CT molecular complexity index is 940. The second-order valence-corrected chi connectivity index (χ2v) is 7.47. The maximum absolute atomic E-state index is 12.4. The summed E-state index contributed by atoms with van der Waals surface area (Å²) in [6, 6.07) is 13.8. The molecule has 0 N–H and O–H groups in total. The van der Waals surface area contributed by atoms with Crippen LogP contribution >= 0.6 is 0 Å². The average Bonchev–Trinajstić information content (AvgIpc) is 2.91. The summed E-state index contributed by atoms with van der Waals surface area (Å²) in [5, 5.41) is 0. The molecule has 0 bridgehead atoms. The molecule has 0 aromatic heterocycles. The molecule has 0 unspecified atom stereocenters. The molecule has 150 valence electrons. The van der Waals surface area contributed by atoms with Gasteiger partial charge in [-0.3, -0.25) is 4.79 Å². The second-order valence-electron chi connectivity index (χ2n) is 7.47. The van der Waals surface area contributed by atoms with E-state index in [2.05, 4.69) is 35.3 Å². The van der Waals surface area contributed by atoms with E-state index in [1.54, 1.807) is 0 Å². The number of carbonyl (C=O) groups is 1. The number of benzene rings is 2. The Morgan fingerprint density at radius 3 is 2.24 bits per heavy atom. The number of fused-ring (bicyclic) bond motifs is 1. The molecular weight excluding hydrogens is 360 g/mol. The Kier molecular flexibility index (Phi) is 5.70. The van der Waals surface area contributed by atoms with Crippen molar-refractivity contribution < 1.29 is 9.53 Å². The molecule has 29 heavy (non-hydrogen) atoms. The van der Waals surface area contributed by atoms with Crippen molar-refractivity contribution in [3.8, 4) is 11.5 Å². The van der Waals surface area contributed by atoms with Gasteiger partial charge in [0.25, 0.3) is 5.91 Å². The van der Waals surface area contributed by atoms with Gasteiger partial charge in [0.1, 0.15) is 11.5 Å². The number of ether oxygens (including phenoxy) is 1. The summed E-state index contributed by atoms with van der Waals surface area (Å²) in [5.74, 6) is 1.66. The molecule has 0 radical (unpaired) electrons. The van der Waals surface area contributed by atoms with E-state index in [9.17, 15) is 4.79 Å². The molecule has 0 saturated heterocycles. The van der Waals surface area contributed by atoms with Gasteiger partial charge in [-0.05, 0) is 86.4 Å². The van der Waals surface area contributed by atoms with E-state index in [0.29, 0.717) is 18.7 Å². The topological polar surface area (TPSA) is 32.8 Å². The van der Waals surface area contributed by atoms with Crippen LogP contribution in [-0.4, -0.2) is 41.9 Å². The molecule has 4 nitrogen and oxygen atoms in total. The first-order chi connectivity index (χ1) is 14.2. The first kappa shape index (κ1) is 19.3. The Labute approximate surface area is 173 Å². The van der Waals surface area contributed by atoms with Crippen LogP contribution in [0, 0.1) is 0 Å².